The van der Waals surface area contributed by atoms with Gasteiger partial charge in [-0.25, -0.2) is 13.8 Å². The van der Waals surface area contributed by atoms with Crippen molar-refractivity contribution in [3.63, 3.8) is 0 Å². The number of rotatable bonds is 3. The Morgan fingerprint density at radius 3 is 2.86 bits per heavy atom. The number of hydrogen-bond donors (Lipinski definition) is 1. The van der Waals surface area contributed by atoms with Crippen LogP contribution in [0.15, 0.2) is 41.3 Å². The zero-order chi connectivity index (χ0) is 15.5. The van der Waals surface area contributed by atoms with Gasteiger partial charge in [0.1, 0.15) is 17.3 Å². The van der Waals surface area contributed by atoms with Crippen LogP contribution in [0.5, 0.6) is 0 Å². The normalized spacial score (nSPS) is 10.5. The molecule has 0 aliphatic rings. The highest BCUT2D eigenvalue weighted by Gasteiger charge is 2.18. The van der Waals surface area contributed by atoms with Crippen LogP contribution in [0, 0.1) is 11.6 Å². The van der Waals surface area contributed by atoms with Crippen molar-refractivity contribution >= 4 is 11.6 Å². The van der Waals surface area contributed by atoms with E-state index >= 15 is 0 Å². The molecule has 0 spiro atoms. The first kappa shape index (κ1) is 13.7. The number of aromatic nitrogens is 4. The Bertz CT molecular complexity index is 822. The number of carbonyl (C=O) groups excluding carboxylic acids is 1. The number of anilines is 1. The summed E-state index contributed by atoms with van der Waals surface area (Å²) < 4.78 is 31.3. The van der Waals surface area contributed by atoms with Crippen LogP contribution < -0.4 is 5.32 Å². The topological polar surface area (TPSA) is 93.8 Å². The monoisotopic (exact) mass is 303 g/mol. The molecule has 0 saturated carbocycles. The summed E-state index contributed by atoms with van der Waals surface area (Å²) in [5, 5.41) is 5.72. The van der Waals surface area contributed by atoms with Gasteiger partial charge in [-0.1, -0.05) is 5.16 Å². The first-order valence-corrected chi connectivity index (χ1v) is 6.00. The maximum Gasteiger partial charge on any atom is 0.316 e. The fraction of sp³-hybridized carbons (Fsp3) is 0. The molecule has 9 heteroatoms. The van der Waals surface area contributed by atoms with Gasteiger partial charge in [0.15, 0.2) is 0 Å². The van der Waals surface area contributed by atoms with Crippen molar-refractivity contribution in [1.29, 1.82) is 0 Å². The summed E-state index contributed by atoms with van der Waals surface area (Å²) >= 11 is 0. The summed E-state index contributed by atoms with van der Waals surface area (Å²) in [4.78, 5) is 23.5. The maximum atomic E-state index is 13.4. The molecule has 2 heterocycles. The van der Waals surface area contributed by atoms with Gasteiger partial charge in [-0.3, -0.25) is 9.78 Å². The molecule has 1 amide bonds. The average Bonchev–Trinajstić information content (AvgIpc) is 3.02. The highest BCUT2D eigenvalue weighted by molar-refractivity contribution is 6.01. The second kappa shape index (κ2) is 5.64. The number of amides is 1. The molecular formula is C13H7F2N5O2. The summed E-state index contributed by atoms with van der Waals surface area (Å²) in [6.45, 7) is 0. The highest BCUT2D eigenvalue weighted by Crippen LogP contribution is 2.17. The minimum Gasteiger partial charge on any atom is -0.328 e. The third-order valence-electron chi connectivity index (χ3n) is 2.59. The zero-order valence-electron chi connectivity index (χ0n) is 10.8. The molecule has 0 aliphatic heterocycles. The first-order valence-electron chi connectivity index (χ1n) is 6.00. The molecule has 2 aromatic heterocycles. The Kier molecular flexibility index (Phi) is 3.52. The fourth-order valence-electron chi connectivity index (χ4n) is 1.60. The second-order valence-electron chi connectivity index (χ2n) is 4.09. The Labute approximate surface area is 122 Å². The number of nitrogens with one attached hydrogen (secondary N) is 1. The van der Waals surface area contributed by atoms with E-state index in [0.29, 0.717) is 5.69 Å². The molecule has 3 rings (SSSR count). The Morgan fingerprint density at radius 1 is 1.23 bits per heavy atom. The largest absolute Gasteiger partial charge is 0.328 e. The van der Waals surface area contributed by atoms with Gasteiger partial charge in [0.25, 0.3) is 0 Å². The number of hydrogen-bond acceptors (Lipinski definition) is 6. The molecule has 1 aromatic carbocycles. The first-order chi connectivity index (χ1) is 10.6. The van der Waals surface area contributed by atoms with Gasteiger partial charge in [-0.05, 0) is 12.1 Å². The molecule has 110 valence electrons. The molecule has 22 heavy (non-hydrogen) atoms. The zero-order valence-corrected chi connectivity index (χ0v) is 10.8. The van der Waals surface area contributed by atoms with Crippen LogP contribution in [0.2, 0.25) is 0 Å². The van der Waals surface area contributed by atoms with Crippen molar-refractivity contribution in [1.82, 2.24) is 20.1 Å². The molecule has 0 fully saturated rings. The second-order valence-corrected chi connectivity index (χ2v) is 4.09. The van der Waals surface area contributed by atoms with Gasteiger partial charge >= 0.3 is 11.8 Å². The van der Waals surface area contributed by atoms with Gasteiger partial charge in [0.2, 0.25) is 5.82 Å². The van der Waals surface area contributed by atoms with E-state index in [0.717, 1.165) is 18.2 Å². The molecule has 0 unspecified atom stereocenters. The Balaban J connectivity index is 1.81. The molecular weight excluding hydrogens is 296 g/mol. The lowest BCUT2D eigenvalue weighted by Crippen LogP contribution is -2.13. The third-order valence-corrected chi connectivity index (χ3v) is 2.59. The van der Waals surface area contributed by atoms with Crippen LogP contribution >= 0.6 is 0 Å². The number of benzene rings is 1. The van der Waals surface area contributed by atoms with Gasteiger partial charge in [0, 0.05) is 18.5 Å². The van der Waals surface area contributed by atoms with Crippen LogP contribution in [0.25, 0.3) is 11.5 Å². The predicted molar refractivity (Wildman–Crippen MR) is 69.6 cm³/mol. The minimum atomic E-state index is -0.868. The summed E-state index contributed by atoms with van der Waals surface area (Å²) in [6.07, 6.45) is 4.27. The molecule has 7 nitrogen and oxygen atoms in total. The van der Waals surface area contributed by atoms with Crippen molar-refractivity contribution in [2.24, 2.45) is 0 Å². The number of nitrogens with zero attached hydrogens (tertiary/aromatic N) is 4. The van der Waals surface area contributed by atoms with E-state index in [9.17, 15) is 13.6 Å². The summed E-state index contributed by atoms with van der Waals surface area (Å²) in [6, 6.07) is 2.67. The SMILES string of the molecule is O=C(Nc1cc(F)ccc1F)c1nc(-c2cnccn2)no1. The van der Waals surface area contributed by atoms with Gasteiger partial charge in [-0.2, -0.15) is 4.98 Å². The van der Waals surface area contributed by atoms with E-state index in [1.807, 2.05) is 0 Å². The molecule has 0 atom stereocenters. The van der Waals surface area contributed by atoms with Crippen LogP contribution in [-0.4, -0.2) is 26.0 Å². The Morgan fingerprint density at radius 2 is 2.09 bits per heavy atom. The quantitative estimate of drug-likeness (QED) is 0.796. The van der Waals surface area contributed by atoms with Crippen LogP contribution in [0.3, 0.4) is 0 Å². The summed E-state index contributed by atoms with van der Waals surface area (Å²) in [5.74, 6) is -2.71. The Hall–Kier alpha value is -3.23. The molecule has 0 aliphatic carbocycles. The van der Waals surface area contributed by atoms with E-state index < -0.39 is 23.4 Å². The average molecular weight is 303 g/mol. The highest BCUT2D eigenvalue weighted by atomic mass is 19.1. The van der Waals surface area contributed by atoms with Crippen molar-refractivity contribution in [3.8, 4) is 11.5 Å². The van der Waals surface area contributed by atoms with E-state index in [-0.39, 0.29) is 11.5 Å². The smallest absolute Gasteiger partial charge is 0.316 e. The van der Waals surface area contributed by atoms with Crippen molar-refractivity contribution < 1.29 is 18.1 Å². The third kappa shape index (κ3) is 2.77. The van der Waals surface area contributed by atoms with Crippen molar-refractivity contribution in [2.75, 3.05) is 5.32 Å². The minimum absolute atomic E-state index is 0.0537. The summed E-state index contributed by atoms with van der Waals surface area (Å²) in [5.41, 5.74) is -0.0218. The fourth-order valence-corrected chi connectivity index (χ4v) is 1.60. The lowest BCUT2D eigenvalue weighted by atomic mass is 10.3. The van der Waals surface area contributed by atoms with E-state index in [4.69, 9.17) is 4.52 Å². The standard InChI is InChI=1S/C13H7F2N5O2/c14-7-1-2-8(15)9(5-7)18-12(21)13-19-11(20-22-13)10-6-16-3-4-17-10/h1-6H,(H,18,21). The maximum absolute atomic E-state index is 13.4. The number of carbonyl (C=O) groups is 1. The van der Waals surface area contributed by atoms with Crippen molar-refractivity contribution in [2.45, 2.75) is 0 Å². The van der Waals surface area contributed by atoms with Crippen LogP contribution in [0.1, 0.15) is 10.7 Å². The van der Waals surface area contributed by atoms with Crippen molar-refractivity contribution in [3.05, 3.63) is 54.3 Å². The lowest BCUT2D eigenvalue weighted by Gasteiger charge is -2.03. The number of halogens is 2. The van der Waals surface area contributed by atoms with Crippen LogP contribution in [-0.2, 0) is 0 Å². The molecule has 3 aromatic rings. The molecule has 0 saturated heterocycles. The molecule has 1 N–H and O–H groups in total. The van der Waals surface area contributed by atoms with E-state index in [1.54, 1.807) is 0 Å². The molecule has 0 radical (unpaired) electrons. The molecule has 0 bridgehead atoms. The predicted octanol–water partition coefficient (Wildman–Crippen LogP) is 2.06. The van der Waals surface area contributed by atoms with E-state index in [1.165, 1.54) is 18.6 Å². The van der Waals surface area contributed by atoms with Crippen LogP contribution in [0.4, 0.5) is 14.5 Å². The van der Waals surface area contributed by atoms with Gasteiger partial charge < -0.3 is 9.84 Å². The summed E-state index contributed by atoms with van der Waals surface area (Å²) in [7, 11) is 0. The van der Waals surface area contributed by atoms with E-state index in [2.05, 4.69) is 25.4 Å². The lowest BCUT2D eigenvalue weighted by molar-refractivity contribution is 0.0981. The van der Waals surface area contributed by atoms with Gasteiger partial charge in [0.05, 0.1) is 11.9 Å². The van der Waals surface area contributed by atoms with Gasteiger partial charge in [-0.15, -0.1) is 0 Å².